The number of carbonyl (C=O) groups is 2. The van der Waals surface area contributed by atoms with Gasteiger partial charge in [-0.1, -0.05) is 22.0 Å². The summed E-state index contributed by atoms with van der Waals surface area (Å²) in [4.78, 5) is 23.4. The highest BCUT2D eigenvalue weighted by molar-refractivity contribution is 9.10. The minimum Gasteiger partial charge on any atom is -0.481 e. The van der Waals surface area contributed by atoms with Crippen LogP contribution in [0.1, 0.15) is 10.4 Å². The Labute approximate surface area is 134 Å². The number of carboxylic acid groups (broad SMARTS) is 1. The molecular formula is C15H12BrNO3S. The second-order valence-electron chi connectivity index (χ2n) is 4.17. The van der Waals surface area contributed by atoms with Crippen LogP contribution in [0.25, 0.3) is 0 Å². The number of hydrogen-bond donors (Lipinski definition) is 2. The fourth-order valence-electron chi connectivity index (χ4n) is 1.61. The summed E-state index contributed by atoms with van der Waals surface area (Å²) >= 11 is 4.51. The van der Waals surface area contributed by atoms with Gasteiger partial charge in [0.1, 0.15) is 0 Å². The number of amides is 1. The number of thioether (sulfide) groups is 1. The first-order valence-electron chi connectivity index (χ1n) is 6.06. The molecule has 0 saturated carbocycles. The molecule has 0 bridgehead atoms. The molecule has 1 amide bonds. The zero-order valence-corrected chi connectivity index (χ0v) is 13.3. The van der Waals surface area contributed by atoms with Gasteiger partial charge in [0, 0.05) is 20.6 Å². The van der Waals surface area contributed by atoms with E-state index in [2.05, 4.69) is 21.2 Å². The van der Waals surface area contributed by atoms with Gasteiger partial charge in [-0.3, -0.25) is 9.59 Å². The zero-order chi connectivity index (χ0) is 15.2. The number of carboxylic acids is 1. The first kappa shape index (κ1) is 15.6. The Balaban J connectivity index is 2.06. The topological polar surface area (TPSA) is 66.4 Å². The lowest BCUT2D eigenvalue weighted by Crippen LogP contribution is -2.11. The first-order valence-corrected chi connectivity index (χ1v) is 7.84. The van der Waals surface area contributed by atoms with E-state index in [0.29, 0.717) is 11.3 Å². The number of aliphatic carboxylic acids is 1. The number of anilines is 1. The molecule has 0 unspecified atom stereocenters. The second kappa shape index (κ2) is 7.28. The van der Waals surface area contributed by atoms with Crippen LogP contribution in [0.3, 0.4) is 0 Å². The summed E-state index contributed by atoms with van der Waals surface area (Å²) in [5, 5.41) is 11.5. The molecule has 2 N–H and O–H groups in total. The molecule has 21 heavy (non-hydrogen) atoms. The van der Waals surface area contributed by atoms with Gasteiger partial charge in [-0.15, -0.1) is 11.8 Å². The van der Waals surface area contributed by atoms with Crippen LogP contribution in [0, 0.1) is 0 Å². The zero-order valence-electron chi connectivity index (χ0n) is 10.9. The van der Waals surface area contributed by atoms with E-state index >= 15 is 0 Å². The molecule has 0 aromatic heterocycles. The quantitative estimate of drug-likeness (QED) is 0.789. The van der Waals surface area contributed by atoms with E-state index in [9.17, 15) is 9.59 Å². The predicted molar refractivity (Wildman–Crippen MR) is 86.9 cm³/mol. The maximum atomic E-state index is 12.1. The second-order valence-corrected chi connectivity index (χ2v) is 6.14. The molecule has 2 aromatic carbocycles. The Hall–Kier alpha value is -1.79. The minimum absolute atomic E-state index is 0.0300. The number of hydrogen-bond acceptors (Lipinski definition) is 3. The van der Waals surface area contributed by atoms with Gasteiger partial charge in [0.05, 0.1) is 5.75 Å². The van der Waals surface area contributed by atoms with Crippen LogP contribution in [0.2, 0.25) is 0 Å². The Morgan fingerprint density at radius 2 is 1.86 bits per heavy atom. The van der Waals surface area contributed by atoms with E-state index in [1.807, 2.05) is 12.1 Å². The van der Waals surface area contributed by atoms with Gasteiger partial charge in [-0.05, 0) is 42.5 Å². The normalized spacial score (nSPS) is 10.1. The lowest BCUT2D eigenvalue weighted by Gasteiger charge is -2.06. The highest BCUT2D eigenvalue weighted by Crippen LogP contribution is 2.20. The van der Waals surface area contributed by atoms with E-state index in [4.69, 9.17) is 5.11 Å². The summed E-state index contributed by atoms with van der Waals surface area (Å²) < 4.78 is 0.938. The predicted octanol–water partition coefficient (Wildman–Crippen LogP) is 3.88. The highest BCUT2D eigenvalue weighted by Gasteiger charge is 2.08. The Bertz CT molecular complexity index is 658. The molecule has 0 heterocycles. The Morgan fingerprint density at radius 3 is 2.52 bits per heavy atom. The summed E-state index contributed by atoms with van der Waals surface area (Å²) in [6.45, 7) is 0. The van der Waals surface area contributed by atoms with Crippen molar-refractivity contribution in [1.82, 2.24) is 0 Å². The van der Waals surface area contributed by atoms with Crippen LogP contribution >= 0.6 is 27.7 Å². The molecule has 108 valence electrons. The first-order chi connectivity index (χ1) is 10.0. The molecule has 0 atom stereocenters. The van der Waals surface area contributed by atoms with Crippen molar-refractivity contribution in [2.75, 3.05) is 11.1 Å². The van der Waals surface area contributed by atoms with E-state index in [1.54, 1.807) is 36.4 Å². The summed E-state index contributed by atoms with van der Waals surface area (Å²) in [6.07, 6.45) is 0. The number of carbonyl (C=O) groups excluding carboxylic acids is 1. The van der Waals surface area contributed by atoms with Gasteiger partial charge < -0.3 is 10.4 Å². The molecule has 0 aliphatic rings. The molecule has 0 aliphatic heterocycles. The molecule has 2 aromatic rings. The fourth-order valence-corrected chi connectivity index (χ4v) is 2.55. The number of nitrogens with one attached hydrogen (secondary N) is 1. The van der Waals surface area contributed by atoms with Crippen molar-refractivity contribution >= 4 is 45.3 Å². The van der Waals surface area contributed by atoms with Crippen molar-refractivity contribution in [3.63, 3.8) is 0 Å². The third-order valence-corrected chi connectivity index (χ3v) is 4.07. The Morgan fingerprint density at radius 1 is 1.14 bits per heavy atom. The van der Waals surface area contributed by atoms with Gasteiger partial charge in [0.15, 0.2) is 0 Å². The Kier molecular flexibility index (Phi) is 5.41. The summed E-state index contributed by atoms with van der Waals surface area (Å²) in [5.74, 6) is -1.14. The third-order valence-electron chi connectivity index (χ3n) is 2.56. The monoisotopic (exact) mass is 365 g/mol. The molecule has 0 fully saturated rings. The molecule has 4 nitrogen and oxygen atoms in total. The van der Waals surface area contributed by atoms with Gasteiger partial charge in [-0.2, -0.15) is 0 Å². The van der Waals surface area contributed by atoms with Gasteiger partial charge in [-0.25, -0.2) is 0 Å². The van der Waals surface area contributed by atoms with Crippen LogP contribution < -0.4 is 5.32 Å². The maximum Gasteiger partial charge on any atom is 0.313 e. The molecule has 6 heteroatoms. The molecule has 0 spiro atoms. The number of rotatable bonds is 5. The SMILES string of the molecule is O=C(O)CSc1cccc(C(=O)Nc2ccc(Br)cc2)c1. The van der Waals surface area contributed by atoms with Crippen LogP contribution in [-0.4, -0.2) is 22.7 Å². The van der Waals surface area contributed by atoms with E-state index < -0.39 is 5.97 Å². The standard InChI is InChI=1S/C15H12BrNO3S/c16-11-4-6-12(7-5-11)17-15(20)10-2-1-3-13(8-10)21-9-14(18)19/h1-8H,9H2,(H,17,20)(H,18,19). The van der Waals surface area contributed by atoms with Crippen molar-refractivity contribution in [2.24, 2.45) is 0 Å². The molecule has 0 radical (unpaired) electrons. The maximum absolute atomic E-state index is 12.1. The van der Waals surface area contributed by atoms with Crippen molar-refractivity contribution in [3.05, 3.63) is 58.6 Å². The molecule has 0 aliphatic carbocycles. The molecule has 0 saturated heterocycles. The fraction of sp³-hybridized carbons (Fsp3) is 0.0667. The molecular weight excluding hydrogens is 354 g/mol. The third kappa shape index (κ3) is 4.91. The van der Waals surface area contributed by atoms with Crippen LogP contribution in [0.15, 0.2) is 57.9 Å². The summed E-state index contributed by atoms with van der Waals surface area (Å²) in [5.41, 5.74) is 1.19. The summed E-state index contributed by atoms with van der Waals surface area (Å²) in [7, 11) is 0. The van der Waals surface area contributed by atoms with Gasteiger partial charge in [0.2, 0.25) is 0 Å². The summed E-state index contributed by atoms with van der Waals surface area (Å²) in [6, 6.07) is 14.2. The van der Waals surface area contributed by atoms with Crippen molar-refractivity contribution in [1.29, 1.82) is 0 Å². The molecule has 2 rings (SSSR count). The van der Waals surface area contributed by atoms with Crippen LogP contribution in [0.4, 0.5) is 5.69 Å². The van der Waals surface area contributed by atoms with Crippen LogP contribution in [0.5, 0.6) is 0 Å². The van der Waals surface area contributed by atoms with Crippen molar-refractivity contribution in [2.45, 2.75) is 4.90 Å². The van der Waals surface area contributed by atoms with Crippen molar-refractivity contribution < 1.29 is 14.7 Å². The number of halogens is 1. The van der Waals surface area contributed by atoms with E-state index in [0.717, 1.165) is 9.37 Å². The minimum atomic E-state index is -0.885. The average molecular weight is 366 g/mol. The van der Waals surface area contributed by atoms with Crippen molar-refractivity contribution in [3.8, 4) is 0 Å². The largest absolute Gasteiger partial charge is 0.481 e. The average Bonchev–Trinajstić information content (AvgIpc) is 2.48. The smallest absolute Gasteiger partial charge is 0.313 e. The van der Waals surface area contributed by atoms with Gasteiger partial charge in [0.25, 0.3) is 5.91 Å². The lowest BCUT2D eigenvalue weighted by atomic mass is 10.2. The highest BCUT2D eigenvalue weighted by atomic mass is 79.9. The van der Waals surface area contributed by atoms with Gasteiger partial charge >= 0.3 is 5.97 Å². The van der Waals surface area contributed by atoms with E-state index in [1.165, 1.54) is 11.8 Å². The van der Waals surface area contributed by atoms with Crippen LogP contribution in [-0.2, 0) is 4.79 Å². The lowest BCUT2D eigenvalue weighted by molar-refractivity contribution is -0.133. The number of benzene rings is 2. The van der Waals surface area contributed by atoms with E-state index in [-0.39, 0.29) is 11.7 Å².